The van der Waals surface area contributed by atoms with Gasteiger partial charge in [0, 0.05) is 6.04 Å². The zero-order valence-electron chi connectivity index (χ0n) is 9.77. The van der Waals surface area contributed by atoms with E-state index in [9.17, 15) is 17.6 Å². The Morgan fingerprint density at radius 3 is 2.50 bits per heavy atom. The summed E-state index contributed by atoms with van der Waals surface area (Å²) >= 11 is 0. The van der Waals surface area contributed by atoms with Gasteiger partial charge in [0.15, 0.2) is 0 Å². The van der Waals surface area contributed by atoms with Gasteiger partial charge in [-0.15, -0.1) is 0 Å². The fourth-order valence-electron chi connectivity index (χ4n) is 1.31. The second-order valence-electron chi connectivity index (χ2n) is 3.85. The maximum absolute atomic E-state index is 13.3. The van der Waals surface area contributed by atoms with E-state index >= 15 is 0 Å². The minimum Gasteiger partial charge on any atom is -0.478 e. The summed E-state index contributed by atoms with van der Waals surface area (Å²) in [4.78, 5) is 10.9. The molecule has 0 unspecified atom stereocenters. The third-order valence-electron chi connectivity index (χ3n) is 1.86. The molecule has 1 aromatic carbocycles. The molecular weight excluding hydrogens is 263 g/mol. The van der Waals surface area contributed by atoms with Crippen molar-refractivity contribution >= 4 is 21.9 Å². The van der Waals surface area contributed by atoms with Crippen LogP contribution in [-0.2, 0) is 10.2 Å². The summed E-state index contributed by atoms with van der Waals surface area (Å²) in [6.45, 7) is 3.20. The number of aromatic carboxylic acids is 1. The van der Waals surface area contributed by atoms with Crippen LogP contribution in [0.5, 0.6) is 0 Å². The molecule has 0 amide bonds. The largest absolute Gasteiger partial charge is 0.478 e. The summed E-state index contributed by atoms with van der Waals surface area (Å²) < 4.78 is 40.6. The van der Waals surface area contributed by atoms with Gasteiger partial charge < -0.3 is 5.11 Å². The van der Waals surface area contributed by atoms with E-state index in [4.69, 9.17) is 5.11 Å². The number of halogens is 1. The highest BCUT2D eigenvalue weighted by Crippen LogP contribution is 2.19. The van der Waals surface area contributed by atoms with Crippen molar-refractivity contribution in [2.45, 2.75) is 19.9 Å². The molecular formula is C10H13FN2O4S. The Hall–Kier alpha value is -1.67. The SMILES string of the molecule is CC(C)NS(=O)(=O)Nc1cccc(F)c1C(=O)O. The lowest BCUT2D eigenvalue weighted by molar-refractivity contribution is 0.0693. The Bertz CT molecular complexity index is 557. The number of hydrogen-bond donors (Lipinski definition) is 3. The molecule has 0 atom stereocenters. The molecule has 0 aliphatic heterocycles. The van der Waals surface area contributed by atoms with Gasteiger partial charge in [0.2, 0.25) is 0 Å². The molecule has 0 radical (unpaired) electrons. The van der Waals surface area contributed by atoms with Crippen molar-refractivity contribution in [3.05, 3.63) is 29.6 Å². The number of rotatable bonds is 5. The van der Waals surface area contributed by atoms with Crippen LogP contribution in [0.25, 0.3) is 0 Å². The van der Waals surface area contributed by atoms with Gasteiger partial charge in [0.05, 0.1) is 5.69 Å². The van der Waals surface area contributed by atoms with E-state index in [0.29, 0.717) is 0 Å². The predicted octanol–water partition coefficient (Wildman–Crippen LogP) is 1.18. The highest BCUT2D eigenvalue weighted by Gasteiger charge is 2.20. The zero-order chi connectivity index (χ0) is 13.9. The number of carboxylic acid groups (broad SMARTS) is 1. The second-order valence-corrected chi connectivity index (χ2v) is 5.29. The molecule has 1 rings (SSSR count). The van der Waals surface area contributed by atoms with E-state index in [0.717, 1.165) is 6.07 Å². The molecule has 1 aromatic rings. The molecule has 8 heteroatoms. The fraction of sp³-hybridized carbons (Fsp3) is 0.300. The van der Waals surface area contributed by atoms with Gasteiger partial charge in [-0.05, 0) is 26.0 Å². The number of hydrogen-bond acceptors (Lipinski definition) is 3. The smallest absolute Gasteiger partial charge is 0.340 e. The lowest BCUT2D eigenvalue weighted by atomic mass is 10.2. The molecule has 100 valence electrons. The first-order valence-corrected chi connectivity index (χ1v) is 6.53. The Balaban J connectivity index is 3.13. The second kappa shape index (κ2) is 5.32. The Labute approximate surface area is 104 Å². The number of carboxylic acids is 1. The number of nitrogens with one attached hydrogen (secondary N) is 2. The molecule has 0 heterocycles. The molecule has 0 saturated carbocycles. The Morgan fingerprint density at radius 1 is 1.39 bits per heavy atom. The van der Waals surface area contributed by atoms with E-state index in [-0.39, 0.29) is 11.7 Å². The third kappa shape index (κ3) is 3.67. The highest BCUT2D eigenvalue weighted by molar-refractivity contribution is 7.90. The highest BCUT2D eigenvalue weighted by atomic mass is 32.2. The van der Waals surface area contributed by atoms with Crippen molar-refractivity contribution in [2.75, 3.05) is 4.72 Å². The summed E-state index contributed by atoms with van der Waals surface area (Å²) in [6, 6.07) is 2.96. The summed E-state index contributed by atoms with van der Waals surface area (Å²) in [5.74, 6) is -2.55. The van der Waals surface area contributed by atoms with E-state index in [1.165, 1.54) is 12.1 Å². The first kappa shape index (κ1) is 14.4. The van der Waals surface area contributed by atoms with Crippen molar-refractivity contribution in [3.63, 3.8) is 0 Å². The number of anilines is 1. The maximum atomic E-state index is 13.3. The molecule has 0 aromatic heterocycles. The molecule has 6 nitrogen and oxygen atoms in total. The van der Waals surface area contributed by atoms with Crippen LogP contribution in [0.1, 0.15) is 24.2 Å². The van der Waals surface area contributed by atoms with Gasteiger partial charge in [-0.25, -0.2) is 9.18 Å². The first-order valence-electron chi connectivity index (χ1n) is 5.05. The van der Waals surface area contributed by atoms with Crippen LogP contribution in [0.2, 0.25) is 0 Å². The molecule has 0 aliphatic carbocycles. The summed E-state index contributed by atoms with van der Waals surface area (Å²) in [5, 5.41) is 8.83. The van der Waals surface area contributed by atoms with Crippen molar-refractivity contribution in [1.82, 2.24) is 4.72 Å². The van der Waals surface area contributed by atoms with E-state index in [1.807, 2.05) is 4.72 Å². The minimum absolute atomic E-state index is 0.323. The Morgan fingerprint density at radius 2 is 2.00 bits per heavy atom. The molecule has 18 heavy (non-hydrogen) atoms. The number of benzene rings is 1. The van der Waals surface area contributed by atoms with Gasteiger partial charge in [0.25, 0.3) is 10.2 Å². The summed E-state index contributed by atoms with van der Waals surface area (Å²) in [6.07, 6.45) is 0. The molecule has 0 spiro atoms. The van der Waals surface area contributed by atoms with Crippen LogP contribution >= 0.6 is 0 Å². The summed E-state index contributed by atoms with van der Waals surface area (Å²) in [7, 11) is -3.94. The topological polar surface area (TPSA) is 95.5 Å². The van der Waals surface area contributed by atoms with E-state index in [1.54, 1.807) is 13.8 Å². The van der Waals surface area contributed by atoms with Crippen molar-refractivity contribution in [3.8, 4) is 0 Å². The van der Waals surface area contributed by atoms with E-state index in [2.05, 4.69) is 4.72 Å². The van der Waals surface area contributed by atoms with Crippen molar-refractivity contribution in [1.29, 1.82) is 0 Å². The molecule has 0 saturated heterocycles. The average Bonchev–Trinajstić information content (AvgIpc) is 2.13. The van der Waals surface area contributed by atoms with Crippen molar-refractivity contribution < 1.29 is 22.7 Å². The minimum atomic E-state index is -3.94. The molecule has 0 bridgehead atoms. The molecule has 3 N–H and O–H groups in total. The molecule has 0 fully saturated rings. The molecule has 0 aliphatic rings. The lowest BCUT2D eigenvalue weighted by Gasteiger charge is -2.13. The predicted molar refractivity (Wildman–Crippen MR) is 64.2 cm³/mol. The van der Waals surface area contributed by atoms with Gasteiger partial charge in [0.1, 0.15) is 11.4 Å². The Kier molecular flexibility index (Phi) is 4.25. The third-order valence-corrected chi connectivity index (χ3v) is 3.13. The normalized spacial score (nSPS) is 11.6. The van der Waals surface area contributed by atoms with Crippen LogP contribution in [-0.4, -0.2) is 25.5 Å². The summed E-state index contributed by atoms with van der Waals surface area (Å²) in [5.41, 5.74) is -1.04. The van der Waals surface area contributed by atoms with Crippen LogP contribution in [0.15, 0.2) is 18.2 Å². The van der Waals surface area contributed by atoms with Crippen LogP contribution in [0.4, 0.5) is 10.1 Å². The van der Waals surface area contributed by atoms with Gasteiger partial charge >= 0.3 is 5.97 Å². The lowest BCUT2D eigenvalue weighted by Crippen LogP contribution is -2.35. The average molecular weight is 276 g/mol. The maximum Gasteiger partial charge on any atom is 0.340 e. The van der Waals surface area contributed by atoms with E-state index < -0.39 is 27.6 Å². The quantitative estimate of drug-likeness (QED) is 0.752. The number of carbonyl (C=O) groups is 1. The monoisotopic (exact) mass is 276 g/mol. The van der Waals surface area contributed by atoms with Crippen LogP contribution in [0, 0.1) is 5.82 Å². The standard InChI is InChI=1S/C10H13FN2O4S/c1-6(2)12-18(16,17)13-8-5-3-4-7(11)9(8)10(14)15/h3-6,12-13H,1-2H3,(H,14,15). The first-order chi connectivity index (χ1) is 8.23. The van der Waals surface area contributed by atoms with Crippen molar-refractivity contribution in [2.24, 2.45) is 0 Å². The zero-order valence-corrected chi connectivity index (χ0v) is 10.6. The van der Waals surface area contributed by atoms with Crippen LogP contribution in [0.3, 0.4) is 0 Å². The fourth-order valence-corrected chi connectivity index (χ4v) is 2.45. The van der Waals surface area contributed by atoms with Crippen LogP contribution < -0.4 is 9.44 Å². The van der Waals surface area contributed by atoms with Gasteiger partial charge in [-0.2, -0.15) is 13.1 Å². The van der Waals surface area contributed by atoms with Gasteiger partial charge in [-0.1, -0.05) is 6.07 Å². The van der Waals surface area contributed by atoms with Gasteiger partial charge in [-0.3, -0.25) is 4.72 Å².